The van der Waals surface area contributed by atoms with Crippen LogP contribution in [0.25, 0.3) is 0 Å². The lowest BCUT2D eigenvalue weighted by molar-refractivity contribution is -0.141. The highest BCUT2D eigenvalue weighted by molar-refractivity contribution is 7.17. The van der Waals surface area contributed by atoms with Gasteiger partial charge >= 0.3 is 6.18 Å². The number of nitrogens with zero attached hydrogens (tertiary/aromatic N) is 5. The number of rotatable bonds is 8. The Morgan fingerprint density at radius 3 is 2.60 bits per heavy atom. The Morgan fingerprint density at radius 2 is 1.95 bits per heavy atom. The van der Waals surface area contributed by atoms with Gasteiger partial charge in [-0.3, -0.25) is 18.8 Å². The molecule has 3 aliphatic carbocycles. The fourth-order valence-corrected chi connectivity index (χ4v) is 6.19. The van der Waals surface area contributed by atoms with Gasteiger partial charge in [-0.2, -0.15) is 18.3 Å². The number of fused-ring (bicyclic) bond motifs is 1. The lowest BCUT2D eigenvalue weighted by Gasteiger charge is -2.25. The van der Waals surface area contributed by atoms with Crippen LogP contribution in [0.5, 0.6) is 0 Å². The maximum atomic E-state index is 13.5. The quantitative estimate of drug-likeness (QED) is 0.345. The molecular weight excluding hydrogens is 559 g/mol. The summed E-state index contributed by atoms with van der Waals surface area (Å²) in [6.45, 7) is 0.167. The molecule has 16 heteroatoms. The molecule has 0 aromatic carbocycles. The second-order valence-electron chi connectivity index (χ2n) is 10.4. The molecule has 10 nitrogen and oxygen atoms in total. The van der Waals surface area contributed by atoms with E-state index in [1.807, 2.05) is 0 Å². The molecule has 214 valence electrons. The molecule has 6 rings (SSSR count). The molecule has 40 heavy (non-hydrogen) atoms. The number of anilines is 3. The van der Waals surface area contributed by atoms with Crippen LogP contribution in [0.15, 0.2) is 12.4 Å². The van der Waals surface area contributed by atoms with Crippen molar-refractivity contribution >= 4 is 39.9 Å². The van der Waals surface area contributed by atoms with Gasteiger partial charge in [0.05, 0.1) is 11.5 Å². The molecule has 0 aliphatic heterocycles. The van der Waals surface area contributed by atoms with Crippen molar-refractivity contribution in [3.05, 3.63) is 34.1 Å². The molecule has 2 fully saturated rings. The minimum atomic E-state index is -4.61. The van der Waals surface area contributed by atoms with Crippen LogP contribution < -0.4 is 16.0 Å². The summed E-state index contributed by atoms with van der Waals surface area (Å²) in [7, 11) is 1.37. The highest BCUT2D eigenvalue weighted by Crippen LogP contribution is 2.43. The van der Waals surface area contributed by atoms with Crippen LogP contribution in [-0.2, 0) is 30.9 Å². The monoisotopic (exact) mass is 584 g/mol. The number of halogens is 5. The minimum absolute atomic E-state index is 0.0659. The van der Waals surface area contributed by atoms with Crippen molar-refractivity contribution in [2.75, 3.05) is 17.2 Å². The van der Waals surface area contributed by atoms with Crippen LogP contribution in [0.3, 0.4) is 0 Å². The number of hydrogen-bond donors (Lipinski definition) is 3. The molecule has 3 N–H and O–H groups in total. The molecule has 0 unspecified atom stereocenters. The van der Waals surface area contributed by atoms with Crippen molar-refractivity contribution in [1.29, 1.82) is 0 Å². The van der Waals surface area contributed by atoms with E-state index in [0.717, 1.165) is 15.6 Å². The van der Waals surface area contributed by atoms with E-state index < -0.39 is 41.9 Å². The first-order chi connectivity index (χ1) is 19.0. The zero-order valence-corrected chi connectivity index (χ0v) is 22.0. The van der Waals surface area contributed by atoms with Crippen LogP contribution in [0.4, 0.5) is 38.7 Å². The molecule has 3 aromatic heterocycles. The van der Waals surface area contributed by atoms with Gasteiger partial charge in [0.2, 0.25) is 11.9 Å². The van der Waals surface area contributed by atoms with Gasteiger partial charge < -0.3 is 16.0 Å². The Kier molecular flexibility index (Phi) is 6.54. The van der Waals surface area contributed by atoms with E-state index in [-0.39, 0.29) is 42.3 Å². The summed E-state index contributed by atoms with van der Waals surface area (Å²) in [5, 5.41) is 20.1. The molecule has 5 atom stereocenters. The first kappa shape index (κ1) is 26.7. The average molecular weight is 585 g/mol. The van der Waals surface area contributed by atoms with E-state index in [9.17, 15) is 31.5 Å². The Morgan fingerprint density at radius 1 is 1.20 bits per heavy atom. The normalized spacial score (nSPS) is 25.3. The molecule has 0 radical (unpaired) electrons. The predicted molar refractivity (Wildman–Crippen MR) is 134 cm³/mol. The lowest BCUT2D eigenvalue weighted by atomic mass is 9.91. The predicted octanol–water partition coefficient (Wildman–Crippen LogP) is 3.95. The average Bonchev–Trinajstić information content (AvgIpc) is 3.59. The van der Waals surface area contributed by atoms with E-state index in [0.29, 0.717) is 36.2 Å². The Balaban J connectivity index is 1.25. The number of amides is 2. The number of carbonyl (C=O) groups is 2. The van der Waals surface area contributed by atoms with Gasteiger partial charge in [0.1, 0.15) is 29.5 Å². The fourth-order valence-electron chi connectivity index (χ4n) is 4.94. The Bertz CT molecular complexity index is 1470. The number of aromatic nitrogens is 5. The van der Waals surface area contributed by atoms with Gasteiger partial charge in [-0.1, -0.05) is 0 Å². The zero-order chi connectivity index (χ0) is 28.3. The van der Waals surface area contributed by atoms with E-state index >= 15 is 0 Å². The standard InChI is InChI=1S/C24H25F5N8O2S/c1-36-18(7-17(35-36)24(27,28)29)32-23-34-31-9-37(23)11-2-3-16-13(5-11)19(21(39)30-8-10-4-14(10)25)22(40-16)33-20(38)12-6-15(12)26/h7,9-12,14-15H,2-6,8H2,1H3,(H,30,39)(H,32,34)(H,33,38)/t10-,11+,12+,14+,15-/m1/s1. The summed E-state index contributed by atoms with van der Waals surface area (Å²) in [5.74, 6) is -1.64. The number of nitrogens with one attached hydrogen (secondary N) is 3. The number of alkyl halides is 5. The van der Waals surface area contributed by atoms with Gasteiger partial charge in [0, 0.05) is 36.5 Å². The topological polar surface area (TPSA) is 119 Å². The van der Waals surface area contributed by atoms with Crippen molar-refractivity contribution in [3.63, 3.8) is 0 Å². The second-order valence-corrected chi connectivity index (χ2v) is 11.5. The molecule has 2 saturated carbocycles. The van der Waals surface area contributed by atoms with Gasteiger partial charge in [-0.25, -0.2) is 8.78 Å². The van der Waals surface area contributed by atoms with Crippen molar-refractivity contribution in [3.8, 4) is 0 Å². The second kappa shape index (κ2) is 9.82. The molecule has 3 aromatic rings. The number of carbonyl (C=O) groups excluding carboxylic acids is 2. The molecule has 0 spiro atoms. The highest BCUT2D eigenvalue weighted by Gasteiger charge is 2.44. The van der Waals surface area contributed by atoms with Gasteiger partial charge in [0.25, 0.3) is 5.91 Å². The first-order valence-electron chi connectivity index (χ1n) is 12.8. The van der Waals surface area contributed by atoms with Crippen LogP contribution in [-0.4, -0.2) is 55.2 Å². The number of hydrogen-bond acceptors (Lipinski definition) is 7. The summed E-state index contributed by atoms with van der Waals surface area (Å²) in [6.07, 6.45) is -3.26. The Labute approximate surface area is 228 Å². The number of thiophene rings is 1. The summed E-state index contributed by atoms with van der Waals surface area (Å²) >= 11 is 1.26. The summed E-state index contributed by atoms with van der Waals surface area (Å²) < 4.78 is 69.0. The van der Waals surface area contributed by atoms with Crippen molar-refractivity contribution in [1.82, 2.24) is 29.9 Å². The van der Waals surface area contributed by atoms with Crippen molar-refractivity contribution in [2.24, 2.45) is 18.9 Å². The largest absolute Gasteiger partial charge is 0.435 e. The summed E-state index contributed by atoms with van der Waals surface area (Å²) in [4.78, 5) is 26.7. The third-order valence-electron chi connectivity index (χ3n) is 7.49. The zero-order valence-electron chi connectivity index (χ0n) is 21.1. The molecule has 3 heterocycles. The minimum Gasteiger partial charge on any atom is -0.352 e. The van der Waals surface area contributed by atoms with Crippen molar-refractivity contribution in [2.45, 2.75) is 56.7 Å². The molecule has 3 aliphatic rings. The van der Waals surface area contributed by atoms with Gasteiger partial charge in [0.15, 0.2) is 5.69 Å². The van der Waals surface area contributed by atoms with E-state index in [1.165, 1.54) is 24.7 Å². The van der Waals surface area contributed by atoms with Crippen LogP contribution in [0, 0.1) is 11.8 Å². The molecule has 2 amide bonds. The van der Waals surface area contributed by atoms with Crippen LogP contribution in [0.2, 0.25) is 0 Å². The number of aryl methyl sites for hydroxylation is 2. The SMILES string of the molecule is Cn1nc(C(F)(F)F)cc1Nc1nncn1[C@H]1CCc2sc(NC(=O)[C@H]3C[C@H]3F)c(C(=O)NC[C@H]3C[C@@H]3F)c2C1. The Hall–Kier alpha value is -3.56. The summed E-state index contributed by atoms with van der Waals surface area (Å²) in [6, 6.07) is 0.611. The van der Waals surface area contributed by atoms with E-state index in [2.05, 4.69) is 31.2 Å². The lowest BCUT2D eigenvalue weighted by Crippen LogP contribution is -2.29. The summed E-state index contributed by atoms with van der Waals surface area (Å²) in [5.41, 5.74) is -0.0760. The first-order valence-corrected chi connectivity index (χ1v) is 13.6. The van der Waals surface area contributed by atoms with Gasteiger partial charge in [-0.05, 0) is 37.7 Å². The third kappa shape index (κ3) is 5.15. The molecule has 0 bridgehead atoms. The molecule has 0 saturated heterocycles. The van der Waals surface area contributed by atoms with E-state index in [4.69, 9.17) is 0 Å². The van der Waals surface area contributed by atoms with Gasteiger partial charge in [-0.15, -0.1) is 21.5 Å². The van der Waals surface area contributed by atoms with Crippen molar-refractivity contribution < 1.29 is 31.5 Å². The fraction of sp³-hybridized carbons (Fsp3) is 0.542. The van der Waals surface area contributed by atoms with E-state index in [1.54, 1.807) is 4.57 Å². The third-order valence-corrected chi connectivity index (χ3v) is 8.69. The molecular formula is C24H25F5N8O2S. The maximum absolute atomic E-state index is 13.5. The maximum Gasteiger partial charge on any atom is 0.435 e. The van der Waals surface area contributed by atoms with Crippen LogP contribution in [0.1, 0.15) is 51.8 Å². The smallest absolute Gasteiger partial charge is 0.352 e. The van der Waals surface area contributed by atoms with Crippen LogP contribution >= 0.6 is 11.3 Å². The highest BCUT2D eigenvalue weighted by atomic mass is 32.1.